The molecule has 0 spiro atoms. The SMILES string of the molecule is CCOC(=O)Cc1csc(Nc2nc(O)c(C3=c4cc([N+](=O)[O-])ccc4=NC3=O)s2)n1. The number of aromatic nitrogens is 2. The van der Waals surface area contributed by atoms with Gasteiger partial charge >= 0.3 is 5.97 Å². The maximum atomic E-state index is 12.4. The van der Waals surface area contributed by atoms with E-state index in [1.807, 2.05) is 0 Å². The molecule has 0 saturated carbocycles. The van der Waals surface area contributed by atoms with Crippen LogP contribution >= 0.6 is 22.7 Å². The molecule has 3 aromatic rings. The standard InChI is InChI=1S/C18H13N5O6S2/c1-2-29-12(24)5-8-7-30-17(19-8)22-18-21-16(26)14(31-18)13-10-6-9(23(27)28)3-4-11(10)20-15(13)25/h3-4,6-7,26H,2,5H2,1H3,(H,19,21,22). The lowest BCUT2D eigenvalue weighted by atomic mass is 10.1. The fraction of sp³-hybridized carbons (Fsp3) is 0.167. The number of fused-ring (bicyclic) bond motifs is 1. The lowest BCUT2D eigenvalue weighted by Gasteiger charge is -1.98. The van der Waals surface area contributed by atoms with E-state index in [9.17, 15) is 24.8 Å². The zero-order chi connectivity index (χ0) is 22.1. The molecule has 0 saturated heterocycles. The van der Waals surface area contributed by atoms with Gasteiger partial charge in [0.15, 0.2) is 10.3 Å². The molecule has 13 heteroatoms. The first-order valence-electron chi connectivity index (χ1n) is 8.84. The Hall–Kier alpha value is -3.71. The van der Waals surface area contributed by atoms with E-state index in [0.717, 1.165) is 11.3 Å². The van der Waals surface area contributed by atoms with Crippen LogP contribution in [-0.2, 0) is 20.7 Å². The number of aromatic hydroxyl groups is 1. The Bertz CT molecular complexity index is 1350. The monoisotopic (exact) mass is 459 g/mol. The number of nitro groups is 1. The fourth-order valence-electron chi connectivity index (χ4n) is 2.86. The van der Waals surface area contributed by atoms with E-state index in [2.05, 4.69) is 20.3 Å². The summed E-state index contributed by atoms with van der Waals surface area (Å²) in [6.45, 7) is 2.00. The summed E-state index contributed by atoms with van der Waals surface area (Å²) in [6, 6.07) is 3.89. The zero-order valence-corrected chi connectivity index (χ0v) is 17.5. The van der Waals surface area contributed by atoms with Crippen LogP contribution in [0.25, 0.3) is 5.57 Å². The number of anilines is 2. The molecule has 1 aliphatic rings. The fourth-order valence-corrected chi connectivity index (χ4v) is 4.54. The first kappa shape index (κ1) is 20.6. The van der Waals surface area contributed by atoms with Crippen LogP contribution in [0.2, 0.25) is 0 Å². The second kappa shape index (κ2) is 8.20. The van der Waals surface area contributed by atoms with Gasteiger partial charge in [0.25, 0.3) is 11.6 Å². The van der Waals surface area contributed by atoms with Gasteiger partial charge in [0.2, 0.25) is 5.88 Å². The van der Waals surface area contributed by atoms with Crippen molar-refractivity contribution in [1.29, 1.82) is 0 Å². The molecule has 31 heavy (non-hydrogen) atoms. The van der Waals surface area contributed by atoms with Gasteiger partial charge in [-0.1, -0.05) is 11.3 Å². The minimum atomic E-state index is -0.619. The van der Waals surface area contributed by atoms with E-state index in [-0.39, 0.29) is 50.8 Å². The molecular weight excluding hydrogens is 446 g/mol. The number of amides is 1. The van der Waals surface area contributed by atoms with Crippen molar-refractivity contribution in [2.75, 3.05) is 11.9 Å². The normalized spacial score (nSPS) is 12.4. The molecular formula is C18H13N5O6S2. The number of rotatable bonds is 7. The number of nitro benzene ring substituents is 1. The second-order valence-electron chi connectivity index (χ2n) is 6.17. The van der Waals surface area contributed by atoms with Gasteiger partial charge in [-0.3, -0.25) is 19.7 Å². The molecule has 0 fully saturated rings. The van der Waals surface area contributed by atoms with E-state index < -0.39 is 16.7 Å². The Morgan fingerprint density at radius 2 is 2.13 bits per heavy atom. The molecule has 1 amide bonds. The van der Waals surface area contributed by atoms with E-state index in [0.29, 0.717) is 10.8 Å². The second-order valence-corrected chi connectivity index (χ2v) is 8.03. The molecule has 0 atom stereocenters. The largest absolute Gasteiger partial charge is 0.492 e. The third-order valence-electron chi connectivity index (χ3n) is 4.13. The molecule has 3 heterocycles. The number of nitrogens with zero attached hydrogens (tertiary/aromatic N) is 4. The van der Waals surface area contributed by atoms with Crippen LogP contribution in [0.15, 0.2) is 28.6 Å². The highest BCUT2D eigenvalue weighted by Gasteiger charge is 2.26. The van der Waals surface area contributed by atoms with Crippen LogP contribution in [0, 0.1) is 10.1 Å². The molecule has 158 valence electrons. The number of thiazole rings is 2. The number of non-ortho nitro benzene ring substituents is 1. The molecule has 11 nitrogen and oxygen atoms in total. The van der Waals surface area contributed by atoms with Gasteiger partial charge in [-0.05, 0) is 13.0 Å². The van der Waals surface area contributed by atoms with Crippen LogP contribution < -0.4 is 15.9 Å². The van der Waals surface area contributed by atoms with Crippen LogP contribution in [0.5, 0.6) is 5.88 Å². The first-order chi connectivity index (χ1) is 14.9. The van der Waals surface area contributed by atoms with Gasteiger partial charge in [0, 0.05) is 22.7 Å². The third kappa shape index (κ3) is 4.13. The summed E-state index contributed by atoms with van der Waals surface area (Å²) in [5.41, 5.74) is 0.372. The van der Waals surface area contributed by atoms with Gasteiger partial charge in [0.1, 0.15) is 4.88 Å². The molecule has 0 aliphatic carbocycles. The van der Waals surface area contributed by atoms with Crippen molar-refractivity contribution < 1.29 is 24.4 Å². The maximum Gasteiger partial charge on any atom is 0.311 e. The minimum absolute atomic E-state index is 0.0316. The molecule has 0 unspecified atom stereocenters. The Balaban J connectivity index is 1.64. The van der Waals surface area contributed by atoms with Gasteiger partial charge in [-0.2, -0.15) is 4.98 Å². The van der Waals surface area contributed by atoms with Crippen LogP contribution in [0.4, 0.5) is 16.0 Å². The Labute approximate surface area is 181 Å². The predicted octanol–water partition coefficient (Wildman–Crippen LogP) is 1.42. The minimum Gasteiger partial charge on any atom is -0.492 e. The van der Waals surface area contributed by atoms with Crippen molar-refractivity contribution in [3.05, 3.63) is 54.8 Å². The highest BCUT2D eigenvalue weighted by Crippen LogP contribution is 2.36. The topological polar surface area (TPSA) is 157 Å². The molecule has 2 aromatic heterocycles. The summed E-state index contributed by atoms with van der Waals surface area (Å²) in [5.74, 6) is -1.41. The summed E-state index contributed by atoms with van der Waals surface area (Å²) in [6.07, 6.45) is 0.0316. The van der Waals surface area contributed by atoms with Crippen LogP contribution in [-0.4, -0.2) is 38.5 Å². The van der Waals surface area contributed by atoms with Crippen molar-refractivity contribution in [1.82, 2.24) is 9.97 Å². The molecule has 0 radical (unpaired) electrons. The lowest BCUT2D eigenvalue weighted by Crippen LogP contribution is -2.23. The van der Waals surface area contributed by atoms with Gasteiger partial charge in [0.05, 0.1) is 34.6 Å². The zero-order valence-electron chi connectivity index (χ0n) is 15.8. The van der Waals surface area contributed by atoms with E-state index >= 15 is 0 Å². The maximum absolute atomic E-state index is 12.4. The van der Waals surface area contributed by atoms with Gasteiger partial charge < -0.3 is 15.2 Å². The number of hydrogen-bond donors (Lipinski definition) is 2. The van der Waals surface area contributed by atoms with E-state index in [1.54, 1.807) is 12.3 Å². The van der Waals surface area contributed by atoms with Crippen LogP contribution in [0.3, 0.4) is 0 Å². The Kier molecular flexibility index (Phi) is 5.44. The number of nitrogens with one attached hydrogen (secondary N) is 1. The van der Waals surface area contributed by atoms with Crippen molar-refractivity contribution in [2.45, 2.75) is 13.3 Å². The summed E-state index contributed by atoms with van der Waals surface area (Å²) in [4.78, 5) is 46.8. The number of benzene rings is 1. The van der Waals surface area contributed by atoms with Crippen molar-refractivity contribution in [3.63, 3.8) is 0 Å². The number of ether oxygens (including phenoxy) is 1. The van der Waals surface area contributed by atoms with E-state index in [1.165, 1.54) is 29.5 Å². The number of esters is 1. The van der Waals surface area contributed by atoms with E-state index in [4.69, 9.17) is 4.74 Å². The third-order valence-corrected chi connectivity index (χ3v) is 5.91. The van der Waals surface area contributed by atoms with Gasteiger partial charge in [-0.25, -0.2) is 9.98 Å². The summed E-state index contributed by atoms with van der Waals surface area (Å²) in [7, 11) is 0. The number of carbonyl (C=O) groups is 2. The summed E-state index contributed by atoms with van der Waals surface area (Å²) in [5, 5.41) is 27.2. The molecule has 0 bridgehead atoms. The lowest BCUT2D eigenvalue weighted by molar-refractivity contribution is -0.385. The Morgan fingerprint density at radius 3 is 2.87 bits per heavy atom. The van der Waals surface area contributed by atoms with Crippen molar-refractivity contribution in [2.24, 2.45) is 4.99 Å². The van der Waals surface area contributed by atoms with Crippen molar-refractivity contribution in [3.8, 4) is 5.88 Å². The van der Waals surface area contributed by atoms with Crippen LogP contribution in [0.1, 0.15) is 17.5 Å². The number of carbonyl (C=O) groups excluding carboxylic acids is 2. The molecule has 1 aliphatic heterocycles. The highest BCUT2D eigenvalue weighted by atomic mass is 32.1. The molecule has 1 aromatic carbocycles. The smallest absolute Gasteiger partial charge is 0.311 e. The molecule has 2 N–H and O–H groups in total. The highest BCUT2D eigenvalue weighted by molar-refractivity contribution is 7.18. The Morgan fingerprint density at radius 1 is 1.32 bits per heavy atom. The molecule has 4 rings (SSSR count). The number of hydrogen-bond acceptors (Lipinski definition) is 11. The predicted molar refractivity (Wildman–Crippen MR) is 111 cm³/mol. The van der Waals surface area contributed by atoms with Gasteiger partial charge in [-0.15, -0.1) is 11.3 Å². The average molecular weight is 459 g/mol. The summed E-state index contributed by atoms with van der Waals surface area (Å²) < 4.78 is 4.89. The summed E-state index contributed by atoms with van der Waals surface area (Å²) >= 11 is 2.21. The average Bonchev–Trinajstić information content (AvgIpc) is 3.38. The first-order valence-corrected chi connectivity index (χ1v) is 10.5. The van der Waals surface area contributed by atoms with Crippen molar-refractivity contribution >= 4 is 56.1 Å². The quantitative estimate of drug-likeness (QED) is 0.303.